The van der Waals surface area contributed by atoms with E-state index in [-0.39, 0.29) is 17.1 Å². The molecule has 4 nitrogen and oxygen atoms in total. The molecule has 0 saturated heterocycles. The highest BCUT2D eigenvalue weighted by atomic mass is 19.1. The lowest BCUT2D eigenvalue weighted by molar-refractivity contribution is -0.118. The summed E-state index contributed by atoms with van der Waals surface area (Å²) >= 11 is 0. The predicted octanol–water partition coefficient (Wildman–Crippen LogP) is 5.38. The number of anilines is 1. The van der Waals surface area contributed by atoms with Crippen molar-refractivity contribution >= 4 is 17.4 Å². The molecule has 1 aliphatic carbocycles. The normalized spacial score (nSPS) is 20.3. The van der Waals surface area contributed by atoms with Crippen LogP contribution in [0, 0.1) is 18.2 Å². The van der Waals surface area contributed by atoms with Crippen LogP contribution >= 0.6 is 0 Å². The summed E-state index contributed by atoms with van der Waals surface area (Å²) in [4.78, 5) is 26.7. The number of nitrogens with one attached hydrogen (secondary N) is 2. The Balaban J connectivity index is 1.83. The monoisotopic (exact) mass is 418 g/mol. The Morgan fingerprint density at radius 1 is 1.10 bits per heavy atom. The van der Waals surface area contributed by atoms with E-state index in [0.29, 0.717) is 40.9 Å². The van der Waals surface area contributed by atoms with Crippen molar-refractivity contribution in [1.82, 2.24) is 5.32 Å². The molecule has 0 saturated carbocycles. The van der Waals surface area contributed by atoms with E-state index >= 15 is 0 Å². The summed E-state index contributed by atoms with van der Waals surface area (Å²) in [6.07, 6.45) is 1.09. The second-order valence-electron chi connectivity index (χ2n) is 9.25. The van der Waals surface area contributed by atoms with Crippen LogP contribution < -0.4 is 10.6 Å². The van der Waals surface area contributed by atoms with E-state index in [4.69, 9.17) is 0 Å². The van der Waals surface area contributed by atoms with Gasteiger partial charge in [0.1, 0.15) is 5.82 Å². The standard InChI is InChI=1S/C26H27FN2O2/c1-15-8-5-6-11-19(15)29-25(31)22-16(2)28-20-13-26(3,4)14-21(30)24(20)23(22)17-9-7-10-18(27)12-17/h5-12,23,28H,13-14H2,1-4H3,(H,29,31). The van der Waals surface area contributed by atoms with Gasteiger partial charge in [0.2, 0.25) is 0 Å². The lowest BCUT2D eigenvalue weighted by Crippen LogP contribution is -2.39. The van der Waals surface area contributed by atoms with Gasteiger partial charge in [0.15, 0.2) is 5.78 Å². The molecule has 31 heavy (non-hydrogen) atoms. The highest BCUT2D eigenvalue weighted by Gasteiger charge is 2.42. The zero-order valence-corrected chi connectivity index (χ0v) is 18.3. The van der Waals surface area contributed by atoms with E-state index in [1.54, 1.807) is 12.1 Å². The van der Waals surface area contributed by atoms with Gasteiger partial charge in [0.05, 0.1) is 0 Å². The number of ketones is 1. The Kier molecular flexibility index (Phi) is 5.29. The van der Waals surface area contributed by atoms with Crippen molar-refractivity contribution < 1.29 is 14.0 Å². The predicted molar refractivity (Wildman–Crippen MR) is 120 cm³/mol. The van der Waals surface area contributed by atoms with Crippen LogP contribution in [0.5, 0.6) is 0 Å². The number of amides is 1. The Labute approximate surface area is 182 Å². The molecule has 2 N–H and O–H groups in total. The maximum atomic E-state index is 14.2. The molecule has 5 heteroatoms. The van der Waals surface area contributed by atoms with E-state index in [0.717, 1.165) is 11.3 Å². The lowest BCUT2D eigenvalue weighted by atomic mass is 9.68. The van der Waals surface area contributed by atoms with Crippen molar-refractivity contribution in [2.75, 3.05) is 5.32 Å². The summed E-state index contributed by atoms with van der Waals surface area (Å²) in [5.74, 6) is -1.29. The number of carbonyl (C=O) groups excluding carboxylic acids is 2. The minimum absolute atomic E-state index is 0.00158. The molecule has 0 spiro atoms. The lowest BCUT2D eigenvalue weighted by Gasteiger charge is -2.39. The van der Waals surface area contributed by atoms with Crippen LogP contribution in [0.15, 0.2) is 71.1 Å². The zero-order valence-electron chi connectivity index (χ0n) is 18.3. The number of Topliss-reactive ketones (excluding diaryl/α,β-unsaturated/α-hetero) is 1. The van der Waals surface area contributed by atoms with Crippen molar-refractivity contribution in [3.8, 4) is 0 Å². The molecule has 2 aromatic carbocycles. The van der Waals surface area contributed by atoms with Gasteiger partial charge < -0.3 is 10.6 Å². The first-order valence-electron chi connectivity index (χ1n) is 10.5. The van der Waals surface area contributed by atoms with E-state index in [9.17, 15) is 14.0 Å². The number of rotatable bonds is 3. The van der Waals surface area contributed by atoms with Crippen molar-refractivity contribution in [2.45, 2.75) is 46.5 Å². The van der Waals surface area contributed by atoms with E-state index in [1.165, 1.54) is 12.1 Å². The fraction of sp³-hybridized carbons (Fsp3) is 0.308. The number of hydrogen-bond acceptors (Lipinski definition) is 3. The van der Waals surface area contributed by atoms with E-state index in [1.807, 2.05) is 38.1 Å². The van der Waals surface area contributed by atoms with Crippen molar-refractivity contribution in [3.63, 3.8) is 0 Å². The molecule has 2 aromatic rings. The van der Waals surface area contributed by atoms with Crippen molar-refractivity contribution in [2.24, 2.45) is 5.41 Å². The topological polar surface area (TPSA) is 58.2 Å². The van der Waals surface area contributed by atoms with Crippen LogP contribution in [0.2, 0.25) is 0 Å². The number of aryl methyl sites for hydroxylation is 1. The van der Waals surface area contributed by atoms with Crippen molar-refractivity contribution in [3.05, 3.63) is 88.0 Å². The Bertz CT molecular complexity index is 1140. The number of para-hydroxylation sites is 1. The van der Waals surface area contributed by atoms with Gasteiger partial charge in [-0.3, -0.25) is 9.59 Å². The largest absolute Gasteiger partial charge is 0.362 e. The van der Waals surface area contributed by atoms with Crippen LogP contribution in [-0.2, 0) is 9.59 Å². The van der Waals surface area contributed by atoms with Crippen LogP contribution in [0.25, 0.3) is 0 Å². The maximum absolute atomic E-state index is 14.2. The number of hydrogen-bond donors (Lipinski definition) is 2. The van der Waals surface area contributed by atoms with E-state index < -0.39 is 11.7 Å². The molecule has 160 valence electrons. The first-order valence-corrected chi connectivity index (χ1v) is 10.5. The second-order valence-corrected chi connectivity index (χ2v) is 9.25. The van der Waals surface area contributed by atoms with Crippen LogP contribution in [0.1, 0.15) is 50.7 Å². The Morgan fingerprint density at radius 3 is 2.55 bits per heavy atom. The smallest absolute Gasteiger partial charge is 0.254 e. The zero-order chi connectivity index (χ0) is 22.3. The van der Waals surface area contributed by atoms with E-state index in [2.05, 4.69) is 24.5 Å². The fourth-order valence-electron chi connectivity index (χ4n) is 4.66. The van der Waals surface area contributed by atoms with Crippen molar-refractivity contribution in [1.29, 1.82) is 0 Å². The van der Waals surface area contributed by atoms with Gasteiger partial charge in [0.25, 0.3) is 5.91 Å². The third-order valence-corrected chi connectivity index (χ3v) is 6.06. The molecule has 1 amide bonds. The third-order valence-electron chi connectivity index (χ3n) is 6.06. The first kappa shape index (κ1) is 21.0. The van der Waals surface area contributed by atoms with Gasteiger partial charge in [-0.2, -0.15) is 0 Å². The Morgan fingerprint density at radius 2 is 1.84 bits per heavy atom. The van der Waals surface area contributed by atoms with Gasteiger partial charge in [-0.1, -0.05) is 44.2 Å². The highest BCUT2D eigenvalue weighted by molar-refractivity contribution is 6.10. The minimum atomic E-state index is -0.612. The molecule has 1 atom stereocenters. The number of dihydropyridines is 1. The summed E-state index contributed by atoms with van der Waals surface area (Å²) in [7, 11) is 0. The van der Waals surface area contributed by atoms with Gasteiger partial charge in [0, 0.05) is 40.6 Å². The summed E-state index contributed by atoms with van der Waals surface area (Å²) in [6, 6.07) is 13.7. The molecular formula is C26H27FN2O2. The molecule has 0 fully saturated rings. The first-order chi connectivity index (χ1) is 14.7. The van der Waals surface area contributed by atoms with Crippen LogP contribution in [-0.4, -0.2) is 11.7 Å². The fourth-order valence-corrected chi connectivity index (χ4v) is 4.66. The SMILES string of the molecule is CC1=C(C(=O)Nc2ccccc2C)C(c2cccc(F)c2)C2=C(CC(C)(C)CC2=O)N1. The molecule has 4 rings (SSSR count). The molecular weight excluding hydrogens is 391 g/mol. The van der Waals surface area contributed by atoms with Gasteiger partial charge in [-0.25, -0.2) is 4.39 Å². The minimum Gasteiger partial charge on any atom is -0.362 e. The average Bonchev–Trinajstić information content (AvgIpc) is 2.67. The second kappa shape index (κ2) is 7.80. The molecule has 0 radical (unpaired) electrons. The van der Waals surface area contributed by atoms with Gasteiger partial charge in [-0.15, -0.1) is 0 Å². The summed E-state index contributed by atoms with van der Waals surface area (Å²) < 4.78 is 14.2. The third kappa shape index (κ3) is 4.05. The highest BCUT2D eigenvalue weighted by Crippen LogP contribution is 2.46. The number of benzene rings is 2. The Hall–Kier alpha value is -3.21. The summed E-state index contributed by atoms with van der Waals surface area (Å²) in [5.41, 5.74) is 4.63. The summed E-state index contributed by atoms with van der Waals surface area (Å²) in [6.45, 7) is 7.89. The summed E-state index contributed by atoms with van der Waals surface area (Å²) in [5, 5.41) is 6.32. The number of allylic oxidation sites excluding steroid dienone is 3. The van der Waals surface area contributed by atoms with Crippen LogP contribution in [0.4, 0.5) is 10.1 Å². The van der Waals surface area contributed by atoms with Gasteiger partial charge in [-0.05, 0) is 55.0 Å². The number of halogens is 1. The van der Waals surface area contributed by atoms with Crippen LogP contribution in [0.3, 0.4) is 0 Å². The quantitative estimate of drug-likeness (QED) is 0.704. The maximum Gasteiger partial charge on any atom is 0.254 e. The molecule has 0 aromatic heterocycles. The molecule has 1 unspecified atom stereocenters. The molecule has 1 aliphatic heterocycles. The van der Waals surface area contributed by atoms with Gasteiger partial charge >= 0.3 is 0 Å². The molecule has 0 bridgehead atoms. The number of carbonyl (C=O) groups is 2. The molecule has 1 heterocycles. The average molecular weight is 419 g/mol. The molecule has 2 aliphatic rings.